The molecule has 124 valence electrons. The zero-order chi connectivity index (χ0) is 18.0. The molecule has 3 rings (SSSR count). The van der Waals surface area contributed by atoms with Crippen LogP contribution >= 0.6 is 9.24 Å². The molecule has 0 radical (unpaired) electrons. The van der Waals surface area contributed by atoms with Crippen molar-refractivity contribution in [3.05, 3.63) is 77.9 Å². The van der Waals surface area contributed by atoms with E-state index in [0.717, 1.165) is 5.30 Å². The normalized spacial score (nSPS) is 10.4. The minimum atomic E-state index is -1.03. The lowest BCUT2D eigenvalue weighted by molar-refractivity contribution is 0.0686. The van der Waals surface area contributed by atoms with Gasteiger partial charge in [-0.15, -0.1) is 9.24 Å². The Morgan fingerprint density at radius 1 is 0.640 bits per heavy atom. The van der Waals surface area contributed by atoms with Crippen LogP contribution in [0.4, 0.5) is 0 Å². The number of benzene rings is 3. The molecule has 0 aromatic heterocycles. The van der Waals surface area contributed by atoms with Crippen molar-refractivity contribution < 1.29 is 19.8 Å². The summed E-state index contributed by atoms with van der Waals surface area (Å²) in [5.41, 5.74) is 2.82. The van der Waals surface area contributed by atoms with Gasteiger partial charge in [-0.3, -0.25) is 0 Å². The predicted molar refractivity (Wildman–Crippen MR) is 101 cm³/mol. The smallest absolute Gasteiger partial charge is 0.336 e. The first-order valence-electron chi connectivity index (χ1n) is 7.54. The Kier molecular flexibility index (Phi) is 4.64. The van der Waals surface area contributed by atoms with Gasteiger partial charge in [-0.2, -0.15) is 0 Å². The number of carboxylic acids is 2. The number of rotatable bonds is 4. The Balaban J connectivity index is 2.36. The summed E-state index contributed by atoms with van der Waals surface area (Å²) in [6, 6.07) is 18.9. The predicted octanol–water partition coefficient (Wildman–Crippen LogP) is 3.92. The maximum absolute atomic E-state index is 11.6. The summed E-state index contributed by atoms with van der Waals surface area (Å²) in [5, 5.41) is 19.8. The topological polar surface area (TPSA) is 74.6 Å². The zero-order valence-electron chi connectivity index (χ0n) is 13.1. The van der Waals surface area contributed by atoms with E-state index in [1.807, 2.05) is 18.2 Å². The number of hydrogen-bond donors (Lipinski definition) is 2. The Morgan fingerprint density at radius 3 is 1.72 bits per heavy atom. The molecule has 5 heteroatoms. The Hall–Kier alpha value is -2.97. The van der Waals surface area contributed by atoms with E-state index < -0.39 is 11.9 Å². The first kappa shape index (κ1) is 16.9. The molecule has 2 N–H and O–H groups in total. The van der Waals surface area contributed by atoms with Crippen LogP contribution in [0.2, 0.25) is 0 Å². The molecule has 0 spiro atoms. The fourth-order valence-corrected chi connectivity index (χ4v) is 3.31. The summed E-state index contributed by atoms with van der Waals surface area (Å²) < 4.78 is 0. The number of aromatic carboxylic acids is 2. The second kappa shape index (κ2) is 6.88. The van der Waals surface area contributed by atoms with E-state index in [1.165, 1.54) is 0 Å². The van der Waals surface area contributed by atoms with Gasteiger partial charge in [0.2, 0.25) is 0 Å². The summed E-state index contributed by atoms with van der Waals surface area (Å²) in [7, 11) is 2.60. The summed E-state index contributed by atoms with van der Waals surface area (Å²) >= 11 is 0. The van der Waals surface area contributed by atoms with E-state index in [9.17, 15) is 19.8 Å². The van der Waals surface area contributed by atoms with Gasteiger partial charge in [-0.05, 0) is 39.7 Å². The van der Waals surface area contributed by atoms with Gasteiger partial charge in [0.25, 0.3) is 0 Å². The number of hydrogen-bond acceptors (Lipinski definition) is 2. The molecule has 0 fully saturated rings. The second-order valence-electron chi connectivity index (χ2n) is 5.47. The highest BCUT2D eigenvalue weighted by Gasteiger charge is 2.19. The first-order valence-corrected chi connectivity index (χ1v) is 8.12. The largest absolute Gasteiger partial charge is 0.478 e. The van der Waals surface area contributed by atoms with Crippen LogP contribution in [0.25, 0.3) is 22.3 Å². The Morgan fingerprint density at radius 2 is 1.12 bits per heavy atom. The molecular weight excluding hydrogens is 335 g/mol. The van der Waals surface area contributed by atoms with Gasteiger partial charge >= 0.3 is 11.9 Å². The minimum absolute atomic E-state index is 0.173. The van der Waals surface area contributed by atoms with Gasteiger partial charge in [0.05, 0.1) is 11.1 Å². The quantitative estimate of drug-likeness (QED) is 0.700. The third kappa shape index (κ3) is 3.17. The molecule has 4 nitrogen and oxygen atoms in total. The molecule has 0 saturated heterocycles. The van der Waals surface area contributed by atoms with Crippen LogP contribution in [-0.2, 0) is 0 Å². The highest BCUT2D eigenvalue weighted by atomic mass is 31.0. The van der Waals surface area contributed by atoms with E-state index in [4.69, 9.17) is 0 Å². The molecule has 0 amide bonds. The summed E-state index contributed by atoms with van der Waals surface area (Å²) in [6.07, 6.45) is 0. The highest BCUT2D eigenvalue weighted by molar-refractivity contribution is 7.28. The van der Waals surface area contributed by atoms with Crippen LogP contribution in [0, 0.1) is 0 Å². The third-order valence-electron chi connectivity index (χ3n) is 3.97. The second-order valence-corrected chi connectivity index (χ2v) is 6.09. The van der Waals surface area contributed by atoms with E-state index in [1.54, 1.807) is 48.5 Å². The highest BCUT2D eigenvalue weighted by Crippen LogP contribution is 2.35. The first-order chi connectivity index (χ1) is 12.0. The van der Waals surface area contributed by atoms with Crippen molar-refractivity contribution in [2.24, 2.45) is 0 Å². The van der Waals surface area contributed by atoms with Crippen molar-refractivity contribution >= 4 is 26.5 Å². The summed E-state index contributed by atoms with van der Waals surface area (Å²) in [4.78, 5) is 23.2. The van der Waals surface area contributed by atoms with Crippen LogP contribution in [0.3, 0.4) is 0 Å². The minimum Gasteiger partial charge on any atom is -0.478 e. The molecule has 0 aliphatic heterocycles. The lowest BCUT2D eigenvalue weighted by Gasteiger charge is -2.16. The van der Waals surface area contributed by atoms with Gasteiger partial charge in [-0.1, -0.05) is 54.6 Å². The number of carbonyl (C=O) groups is 2. The van der Waals surface area contributed by atoms with Gasteiger partial charge in [-0.25, -0.2) is 9.59 Å². The molecule has 0 heterocycles. The van der Waals surface area contributed by atoms with Crippen molar-refractivity contribution in [1.29, 1.82) is 0 Å². The van der Waals surface area contributed by atoms with Crippen LogP contribution in [0.5, 0.6) is 0 Å². The average molecular weight is 350 g/mol. The van der Waals surface area contributed by atoms with Crippen LogP contribution < -0.4 is 5.30 Å². The summed E-state index contributed by atoms with van der Waals surface area (Å²) in [5.74, 6) is -2.05. The molecule has 3 aromatic carbocycles. The van der Waals surface area contributed by atoms with E-state index in [2.05, 4.69) is 9.24 Å². The monoisotopic (exact) mass is 350 g/mol. The van der Waals surface area contributed by atoms with Gasteiger partial charge < -0.3 is 10.2 Å². The lowest BCUT2D eigenvalue weighted by atomic mass is 9.89. The van der Waals surface area contributed by atoms with Crippen LogP contribution in [-0.4, -0.2) is 22.2 Å². The molecule has 25 heavy (non-hydrogen) atoms. The standard InChI is InChI=1S/C20H15O4P/c21-19(22)15-8-3-1-6-12(15)13-10-5-11-17(25)18(13)14-7-2-4-9-16(14)20(23)24/h1-11H,25H2,(H,21,22)(H,23,24). The third-order valence-corrected chi connectivity index (χ3v) is 4.45. The molecule has 1 unspecified atom stereocenters. The van der Waals surface area contributed by atoms with Gasteiger partial charge in [0.15, 0.2) is 0 Å². The van der Waals surface area contributed by atoms with Crippen molar-refractivity contribution in [3.8, 4) is 22.3 Å². The lowest BCUT2D eigenvalue weighted by Crippen LogP contribution is -2.07. The van der Waals surface area contributed by atoms with E-state index in [0.29, 0.717) is 22.3 Å². The zero-order valence-corrected chi connectivity index (χ0v) is 14.3. The molecule has 0 aliphatic carbocycles. The Labute approximate surface area is 147 Å². The van der Waals surface area contributed by atoms with Gasteiger partial charge in [0, 0.05) is 0 Å². The van der Waals surface area contributed by atoms with Crippen molar-refractivity contribution in [2.75, 3.05) is 0 Å². The molecule has 0 aliphatic rings. The molecule has 1 atom stereocenters. The van der Waals surface area contributed by atoms with Crippen LogP contribution in [0.1, 0.15) is 20.7 Å². The Bertz CT molecular complexity index is 979. The fraction of sp³-hybridized carbons (Fsp3) is 0. The fourth-order valence-electron chi connectivity index (χ4n) is 2.89. The van der Waals surface area contributed by atoms with Crippen molar-refractivity contribution in [2.45, 2.75) is 0 Å². The van der Waals surface area contributed by atoms with Crippen LogP contribution in [0.15, 0.2) is 66.7 Å². The number of carboxylic acid groups (broad SMARTS) is 2. The maximum Gasteiger partial charge on any atom is 0.336 e. The van der Waals surface area contributed by atoms with Crippen molar-refractivity contribution in [3.63, 3.8) is 0 Å². The molecule has 0 saturated carbocycles. The summed E-state index contributed by atoms with van der Waals surface area (Å²) in [6.45, 7) is 0. The molecule has 3 aromatic rings. The molecular formula is C20H15O4P. The van der Waals surface area contributed by atoms with Crippen molar-refractivity contribution in [1.82, 2.24) is 0 Å². The molecule has 0 bridgehead atoms. The van der Waals surface area contributed by atoms with Gasteiger partial charge in [0.1, 0.15) is 0 Å². The van der Waals surface area contributed by atoms with E-state index in [-0.39, 0.29) is 11.1 Å². The average Bonchev–Trinajstić information content (AvgIpc) is 2.61. The maximum atomic E-state index is 11.6. The van der Waals surface area contributed by atoms with E-state index >= 15 is 0 Å². The SMILES string of the molecule is O=C(O)c1ccccc1-c1cccc(P)c1-c1ccccc1C(=O)O.